The van der Waals surface area contributed by atoms with Crippen molar-refractivity contribution in [1.29, 1.82) is 0 Å². The normalized spacial score (nSPS) is 20.6. The van der Waals surface area contributed by atoms with Crippen LogP contribution >= 0.6 is 24.2 Å². The van der Waals surface area contributed by atoms with Gasteiger partial charge in [-0.1, -0.05) is 17.7 Å². The number of benzene rings is 1. The number of hydrogen-bond acceptors (Lipinski definition) is 2. The second-order valence-electron chi connectivity index (χ2n) is 3.83. The van der Waals surface area contributed by atoms with Crippen LogP contribution in [0, 0.1) is 11.7 Å². The second kappa shape index (κ2) is 4.63. The molecule has 0 radical (unpaired) electrons. The smallest absolute Gasteiger partial charge is 0.227 e. The quantitative estimate of drug-likeness (QED) is 0.810. The zero-order chi connectivity index (χ0) is 11.7. The molecular weight excluding hydrogens is 249 g/mol. The van der Waals surface area contributed by atoms with Gasteiger partial charge in [-0.05, 0) is 23.8 Å². The minimum atomic E-state index is -0.530. The maximum absolute atomic E-state index is 13.7. The topological polar surface area (TPSA) is 20.3 Å². The van der Waals surface area contributed by atoms with E-state index >= 15 is 0 Å². The predicted molar refractivity (Wildman–Crippen MR) is 65.7 cm³/mol. The lowest BCUT2D eigenvalue weighted by atomic mass is 10.1. The van der Waals surface area contributed by atoms with Gasteiger partial charge in [0.1, 0.15) is 0 Å². The molecule has 5 heteroatoms. The molecule has 2 rings (SSSR count). The second-order valence-corrected chi connectivity index (χ2v) is 4.60. The molecule has 1 amide bonds. The molecule has 1 aromatic carbocycles. The number of nitrogens with zero attached hydrogens (tertiary/aromatic N) is 1. The molecule has 0 N–H and O–H groups in total. The summed E-state index contributed by atoms with van der Waals surface area (Å²) in [6.45, 7) is 0.513. The molecule has 86 valence electrons. The lowest BCUT2D eigenvalue weighted by Gasteiger charge is -2.17. The molecule has 0 saturated carbocycles. The van der Waals surface area contributed by atoms with Gasteiger partial charge < -0.3 is 4.90 Å². The van der Waals surface area contributed by atoms with Crippen LogP contribution in [0.4, 0.5) is 10.1 Å². The Labute approximate surface area is 104 Å². The number of carbonyl (C=O) groups is 1. The summed E-state index contributed by atoms with van der Waals surface area (Å²) < 4.78 is 13.7. The Balaban J connectivity index is 2.31. The summed E-state index contributed by atoms with van der Waals surface area (Å²) >= 11 is 9.84. The van der Waals surface area contributed by atoms with Gasteiger partial charge in [0.15, 0.2) is 5.82 Å². The molecule has 1 aliphatic rings. The van der Waals surface area contributed by atoms with Crippen LogP contribution in [0.5, 0.6) is 0 Å². The summed E-state index contributed by atoms with van der Waals surface area (Å²) in [6.07, 6.45) is 0.426. The Bertz CT molecular complexity index is 426. The van der Waals surface area contributed by atoms with Gasteiger partial charge >= 0.3 is 0 Å². The number of amides is 1. The Morgan fingerprint density at radius 2 is 2.31 bits per heavy atom. The monoisotopic (exact) mass is 259 g/mol. The molecule has 1 aromatic rings. The minimum Gasteiger partial charge on any atom is -0.309 e. The zero-order valence-electron chi connectivity index (χ0n) is 8.49. The number of thiol groups is 1. The Hall–Kier alpha value is -0.740. The average Bonchev–Trinajstić information content (AvgIpc) is 2.64. The highest BCUT2D eigenvalue weighted by Crippen LogP contribution is 2.30. The van der Waals surface area contributed by atoms with E-state index in [1.54, 1.807) is 12.1 Å². The first-order valence-electron chi connectivity index (χ1n) is 4.98. The first kappa shape index (κ1) is 11.7. The first-order chi connectivity index (χ1) is 7.63. The van der Waals surface area contributed by atoms with Gasteiger partial charge in [-0.15, -0.1) is 0 Å². The number of hydrogen-bond donors (Lipinski definition) is 1. The fourth-order valence-electron chi connectivity index (χ4n) is 1.84. The van der Waals surface area contributed by atoms with E-state index in [0.717, 1.165) is 0 Å². The highest BCUT2D eigenvalue weighted by atomic mass is 35.5. The van der Waals surface area contributed by atoms with Crippen molar-refractivity contribution in [2.24, 2.45) is 5.92 Å². The summed E-state index contributed by atoms with van der Waals surface area (Å²) in [6, 6.07) is 4.68. The van der Waals surface area contributed by atoms with E-state index in [9.17, 15) is 9.18 Å². The van der Waals surface area contributed by atoms with E-state index in [2.05, 4.69) is 12.6 Å². The number of carbonyl (C=O) groups excluding carboxylic acids is 1. The first-order valence-corrected chi connectivity index (χ1v) is 5.99. The van der Waals surface area contributed by atoms with Crippen LogP contribution in [-0.4, -0.2) is 18.2 Å². The largest absolute Gasteiger partial charge is 0.309 e. The molecule has 1 unspecified atom stereocenters. The molecule has 16 heavy (non-hydrogen) atoms. The SMILES string of the molecule is O=C1CC(CS)CN1c1cccc(Cl)c1F. The summed E-state index contributed by atoms with van der Waals surface area (Å²) in [5.41, 5.74) is 0.266. The van der Waals surface area contributed by atoms with Gasteiger partial charge in [-0.25, -0.2) is 4.39 Å². The molecule has 1 fully saturated rings. The number of rotatable bonds is 2. The van der Waals surface area contributed by atoms with Crippen LogP contribution in [0.2, 0.25) is 5.02 Å². The molecule has 1 heterocycles. The van der Waals surface area contributed by atoms with Crippen molar-refractivity contribution in [2.75, 3.05) is 17.2 Å². The van der Waals surface area contributed by atoms with E-state index in [1.807, 2.05) is 0 Å². The Kier molecular flexibility index (Phi) is 3.40. The zero-order valence-corrected chi connectivity index (χ0v) is 10.1. The molecular formula is C11H11ClFNOS. The summed E-state index contributed by atoms with van der Waals surface area (Å²) in [5, 5.41) is 0.0413. The molecule has 2 nitrogen and oxygen atoms in total. The molecule has 0 spiro atoms. The van der Waals surface area contributed by atoms with Crippen molar-refractivity contribution >= 4 is 35.8 Å². The van der Waals surface area contributed by atoms with Crippen molar-refractivity contribution in [3.8, 4) is 0 Å². The van der Waals surface area contributed by atoms with Crippen molar-refractivity contribution in [2.45, 2.75) is 6.42 Å². The predicted octanol–water partition coefficient (Wildman–Crippen LogP) is 2.76. The van der Waals surface area contributed by atoms with Gasteiger partial charge in [0, 0.05) is 13.0 Å². The standard InChI is InChI=1S/C11H11ClFNOS/c12-8-2-1-3-9(11(8)13)14-5-7(6-16)4-10(14)15/h1-3,7,16H,4-6H2. The van der Waals surface area contributed by atoms with Crippen LogP contribution in [0.3, 0.4) is 0 Å². The molecule has 0 aliphatic carbocycles. The van der Waals surface area contributed by atoms with E-state index in [4.69, 9.17) is 11.6 Å². The maximum Gasteiger partial charge on any atom is 0.227 e. The number of anilines is 1. The molecule has 1 saturated heterocycles. The Morgan fingerprint density at radius 3 is 2.94 bits per heavy atom. The van der Waals surface area contributed by atoms with E-state index in [-0.39, 0.29) is 22.5 Å². The van der Waals surface area contributed by atoms with Crippen LogP contribution in [-0.2, 0) is 4.79 Å². The third kappa shape index (κ3) is 2.04. The van der Waals surface area contributed by atoms with Gasteiger partial charge in [0.25, 0.3) is 0 Å². The maximum atomic E-state index is 13.7. The molecule has 0 bridgehead atoms. The van der Waals surface area contributed by atoms with Crippen molar-refractivity contribution in [3.05, 3.63) is 29.0 Å². The van der Waals surface area contributed by atoms with Crippen LogP contribution in [0.25, 0.3) is 0 Å². The third-order valence-electron chi connectivity index (χ3n) is 2.69. The average molecular weight is 260 g/mol. The molecule has 0 aromatic heterocycles. The minimum absolute atomic E-state index is 0.0413. The summed E-state index contributed by atoms with van der Waals surface area (Å²) in [5.74, 6) is 0.219. The van der Waals surface area contributed by atoms with Crippen LogP contribution < -0.4 is 4.90 Å². The van der Waals surface area contributed by atoms with Crippen molar-refractivity contribution in [3.63, 3.8) is 0 Å². The highest BCUT2D eigenvalue weighted by Gasteiger charge is 2.31. The van der Waals surface area contributed by atoms with Crippen molar-refractivity contribution < 1.29 is 9.18 Å². The van der Waals surface area contributed by atoms with Gasteiger partial charge in [0.05, 0.1) is 10.7 Å². The summed E-state index contributed by atoms with van der Waals surface area (Å²) in [4.78, 5) is 13.1. The fourth-order valence-corrected chi connectivity index (χ4v) is 2.25. The number of halogens is 2. The van der Waals surface area contributed by atoms with Gasteiger partial charge in [-0.3, -0.25) is 4.79 Å². The van der Waals surface area contributed by atoms with E-state index in [1.165, 1.54) is 11.0 Å². The molecule has 1 aliphatic heterocycles. The third-order valence-corrected chi connectivity index (χ3v) is 3.49. The van der Waals surface area contributed by atoms with E-state index < -0.39 is 5.82 Å². The Morgan fingerprint density at radius 1 is 1.56 bits per heavy atom. The lowest BCUT2D eigenvalue weighted by Crippen LogP contribution is -2.25. The lowest BCUT2D eigenvalue weighted by molar-refractivity contribution is -0.117. The van der Waals surface area contributed by atoms with Gasteiger partial charge in [-0.2, -0.15) is 12.6 Å². The van der Waals surface area contributed by atoms with E-state index in [0.29, 0.717) is 18.7 Å². The van der Waals surface area contributed by atoms with Crippen molar-refractivity contribution in [1.82, 2.24) is 0 Å². The molecule has 1 atom stereocenters. The van der Waals surface area contributed by atoms with Gasteiger partial charge in [0.2, 0.25) is 5.91 Å². The van der Waals surface area contributed by atoms with Crippen LogP contribution in [0.15, 0.2) is 18.2 Å². The fraction of sp³-hybridized carbons (Fsp3) is 0.364. The van der Waals surface area contributed by atoms with Crippen LogP contribution in [0.1, 0.15) is 6.42 Å². The summed E-state index contributed by atoms with van der Waals surface area (Å²) in [7, 11) is 0. The highest BCUT2D eigenvalue weighted by molar-refractivity contribution is 7.80.